The number of hydrogen-bond donors (Lipinski definition) is 1. The number of carbonyl (C=O) groups is 1. The van der Waals surface area contributed by atoms with Gasteiger partial charge in [-0.2, -0.15) is 0 Å². The molecular formula is C27H26FN3O2. The van der Waals surface area contributed by atoms with E-state index in [2.05, 4.69) is 39.4 Å². The summed E-state index contributed by atoms with van der Waals surface area (Å²) in [7, 11) is 0. The summed E-state index contributed by atoms with van der Waals surface area (Å²) in [6, 6.07) is 22.7. The predicted molar refractivity (Wildman–Crippen MR) is 129 cm³/mol. The van der Waals surface area contributed by atoms with Crippen molar-refractivity contribution in [2.75, 3.05) is 36.4 Å². The smallest absolute Gasteiger partial charge is 0.291 e. The third-order valence-electron chi connectivity index (χ3n) is 6.22. The number of nitrogens with one attached hydrogen (secondary N) is 1. The van der Waals surface area contributed by atoms with Crippen LogP contribution in [0.2, 0.25) is 0 Å². The van der Waals surface area contributed by atoms with E-state index in [4.69, 9.17) is 4.42 Å². The molecule has 1 aliphatic rings. The summed E-state index contributed by atoms with van der Waals surface area (Å²) < 4.78 is 19.2. The van der Waals surface area contributed by atoms with Crippen molar-refractivity contribution in [3.8, 4) is 0 Å². The highest BCUT2D eigenvalue weighted by atomic mass is 19.1. The third kappa shape index (κ3) is 4.61. The maximum absolute atomic E-state index is 13.5. The van der Waals surface area contributed by atoms with Gasteiger partial charge in [0, 0.05) is 55.0 Å². The van der Waals surface area contributed by atoms with Crippen LogP contribution >= 0.6 is 0 Å². The van der Waals surface area contributed by atoms with E-state index in [1.165, 1.54) is 17.7 Å². The van der Waals surface area contributed by atoms with Crippen LogP contribution in [0.1, 0.15) is 21.7 Å². The number of halogens is 1. The lowest BCUT2D eigenvalue weighted by molar-refractivity contribution is 0.0998. The Morgan fingerprint density at radius 1 is 0.970 bits per heavy atom. The van der Waals surface area contributed by atoms with Gasteiger partial charge in [-0.05, 0) is 55.0 Å². The molecule has 1 amide bonds. The highest BCUT2D eigenvalue weighted by Crippen LogP contribution is 2.27. The van der Waals surface area contributed by atoms with Gasteiger partial charge < -0.3 is 14.6 Å². The Morgan fingerprint density at radius 3 is 2.42 bits per heavy atom. The molecule has 5 nitrogen and oxygen atoms in total. The van der Waals surface area contributed by atoms with E-state index < -0.39 is 0 Å². The Morgan fingerprint density at radius 2 is 1.70 bits per heavy atom. The van der Waals surface area contributed by atoms with Gasteiger partial charge in [0.25, 0.3) is 5.91 Å². The number of nitrogens with zero attached hydrogens (tertiary/aromatic N) is 2. The zero-order valence-corrected chi connectivity index (χ0v) is 18.6. The van der Waals surface area contributed by atoms with Gasteiger partial charge in [-0.3, -0.25) is 9.69 Å². The first-order valence-corrected chi connectivity index (χ1v) is 11.2. The molecule has 0 saturated carbocycles. The minimum absolute atomic E-state index is 0.203. The standard InChI is InChI=1S/C27H26FN3O2/c1-19-24-17-21(28)7-12-25(24)33-26(19)27(32)29-22-8-10-23(11-9-22)31-15-13-30(14-16-31)18-20-5-3-2-4-6-20/h2-12,17H,13-16,18H2,1H3,(H,29,32). The van der Waals surface area contributed by atoms with Crippen molar-refractivity contribution in [1.29, 1.82) is 0 Å². The number of carbonyl (C=O) groups excluding carboxylic acids is 1. The van der Waals surface area contributed by atoms with E-state index >= 15 is 0 Å². The topological polar surface area (TPSA) is 48.7 Å². The zero-order valence-electron chi connectivity index (χ0n) is 18.6. The Labute approximate surface area is 192 Å². The number of hydrogen-bond acceptors (Lipinski definition) is 4. The Bertz CT molecular complexity index is 1260. The van der Waals surface area contributed by atoms with Gasteiger partial charge in [-0.1, -0.05) is 30.3 Å². The quantitative estimate of drug-likeness (QED) is 0.445. The SMILES string of the molecule is Cc1c(C(=O)Nc2ccc(N3CCN(Cc4ccccc4)CC3)cc2)oc2ccc(F)cc12. The summed E-state index contributed by atoms with van der Waals surface area (Å²) in [5.41, 5.74) is 4.31. The van der Waals surface area contributed by atoms with Gasteiger partial charge in [0.1, 0.15) is 11.4 Å². The molecule has 5 rings (SSSR count). The van der Waals surface area contributed by atoms with Gasteiger partial charge in [-0.25, -0.2) is 4.39 Å². The van der Waals surface area contributed by atoms with Crippen LogP contribution in [-0.2, 0) is 6.54 Å². The second kappa shape index (κ2) is 9.08. The molecule has 1 aromatic heterocycles. The Kier molecular flexibility index (Phi) is 5.84. The van der Waals surface area contributed by atoms with E-state index in [0.29, 0.717) is 22.2 Å². The third-order valence-corrected chi connectivity index (χ3v) is 6.22. The van der Waals surface area contributed by atoms with Crippen molar-refractivity contribution in [2.45, 2.75) is 13.5 Å². The molecule has 0 spiro atoms. The summed E-state index contributed by atoms with van der Waals surface area (Å²) in [5, 5.41) is 3.50. The fourth-order valence-electron chi connectivity index (χ4n) is 4.36. The van der Waals surface area contributed by atoms with Crippen LogP contribution in [0.3, 0.4) is 0 Å². The number of anilines is 2. The van der Waals surface area contributed by atoms with Crippen LogP contribution in [0, 0.1) is 12.7 Å². The number of aryl methyl sites for hydroxylation is 1. The zero-order chi connectivity index (χ0) is 22.8. The maximum atomic E-state index is 13.5. The van der Waals surface area contributed by atoms with Crippen LogP contribution in [0.15, 0.2) is 77.2 Å². The molecular weight excluding hydrogens is 417 g/mol. The monoisotopic (exact) mass is 443 g/mol. The van der Waals surface area contributed by atoms with Crippen LogP contribution in [-0.4, -0.2) is 37.0 Å². The van der Waals surface area contributed by atoms with Crippen molar-refractivity contribution in [1.82, 2.24) is 4.90 Å². The molecule has 1 saturated heterocycles. The van der Waals surface area contributed by atoms with Crippen LogP contribution in [0.25, 0.3) is 11.0 Å². The van der Waals surface area contributed by atoms with Gasteiger partial charge >= 0.3 is 0 Å². The highest BCUT2D eigenvalue weighted by molar-refractivity contribution is 6.06. The first-order chi connectivity index (χ1) is 16.1. The number of benzene rings is 3. The van der Waals surface area contributed by atoms with Gasteiger partial charge in [0.05, 0.1) is 0 Å². The lowest BCUT2D eigenvalue weighted by atomic mass is 10.1. The van der Waals surface area contributed by atoms with Gasteiger partial charge in [0.15, 0.2) is 5.76 Å². The van der Waals surface area contributed by atoms with Crippen molar-refractivity contribution in [2.24, 2.45) is 0 Å². The van der Waals surface area contributed by atoms with Crippen molar-refractivity contribution >= 4 is 28.3 Å². The Balaban J connectivity index is 1.20. The number of rotatable bonds is 5. The predicted octanol–water partition coefficient (Wildman–Crippen LogP) is 5.45. The second-order valence-corrected chi connectivity index (χ2v) is 8.45. The summed E-state index contributed by atoms with van der Waals surface area (Å²) in [5.74, 6) is -0.490. The number of fused-ring (bicyclic) bond motifs is 1. The molecule has 3 aromatic carbocycles. The lowest BCUT2D eigenvalue weighted by Gasteiger charge is -2.36. The summed E-state index contributed by atoms with van der Waals surface area (Å²) in [4.78, 5) is 17.6. The van der Waals surface area contributed by atoms with E-state index in [-0.39, 0.29) is 17.5 Å². The summed E-state index contributed by atoms with van der Waals surface area (Å²) in [6.07, 6.45) is 0. The largest absolute Gasteiger partial charge is 0.451 e. The normalized spacial score (nSPS) is 14.5. The fraction of sp³-hybridized carbons (Fsp3) is 0.222. The van der Waals surface area contributed by atoms with Gasteiger partial charge in [-0.15, -0.1) is 0 Å². The van der Waals surface area contributed by atoms with Crippen LogP contribution < -0.4 is 10.2 Å². The summed E-state index contributed by atoms with van der Waals surface area (Å²) >= 11 is 0. The molecule has 33 heavy (non-hydrogen) atoms. The molecule has 0 radical (unpaired) electrons. The molecule has 0 bridgehead atoms. The molecule has 1 N–H and O–H groups in total. The minimum atomic E-state index is -0.352. The number of piperazine rings is 1. The second-order valence-electron chi connectivity index (χ2n) is 8.45. The molecule has 1 fully saturated rings. The number of amides is 1. The van der Waals surface area contributed by atoms with Crippen molar-refractivity contribution < 1.29 is 13.6 Å². The summed E-state index contributed by atoms with van der Waals surface area (Å²) in [6.45, 7) is 6.70. The van der Waals surface area contributed by atoms with Crippen LogP contribution in [0.5, 0.6) is 0 Å². The molecule has 4 aromatic rings. The Hall–Kier alpha value is -3.64. The first-order valence-electron chi connectivity index (χ1n) is 11.2. The molecule has 0 aliphatic carbocycles. The molecule has 0 atom stereocenters. The van der Waals surface area contributed by atoms with Crippen molar-refractivity contribution in [3.05, 3.63) is 95.5 Å². The van der Waals surface area contributed by atoms with Crippen molar-refractivity contribution in [3.63, 3.8) is 0 Å². The first kappa shape index (κ1) is 21.2. The fourth-order valence-corrected chi connectivity index (χ4v) is 4.36. The average Bonchev–Trinajstić information content (AvgIpc) is 3.17. The number of furan rings is 1. The van der Waals surface area contributed by atoms with E-state index in [9.17, 15) is 9.18 Å². The molecule has 168 valence electrons. The minimum Gasteiger partial charge on any atom is -0.451 e. The average molecular weight is 444 g/mol. The van der Waals surface area contributed by atoms with Gasteiger partial charge in [0.2, 0.25) is 0 Å². The van der Waals surface area contributed by atoms with E-state index in [1.807, 2.05) is 30.3 Å². The molecule has 2 heterocycles. The lowest BCUT2D eigenvalue weighted by Crippen LogP contribution is -2.45. The maximum Gasteiger partial charge on any atom is 0.291 e. The molecule has 6 heteroatoms. The van der Waals surface area contributed by atoms with Crippen LogP contribution in [0.4, 0.5) is 15.8 Å². The van der Waals surface area contributed by atoms with E-state index in [0.717, 1.165) is 38.4 Å². The highest BCUT2D eigenvalue weighted by Gasteiger charge is 2.20. The van der Waals surface area contributed by atoms with E-state index in [1.54, 1.807) is 13.0 Å². The molecule has 1 aliphatic heterocycles. The molecule has 0 unspecified atom stereocenters.